The quantitative estimate of drug-likeness (QED) is 0.699. The van der Waals surface area contributed by atoms with Crippen molar-refractivity contribution in [1.82, 2.24) is 25.8 Å². The first-order valence-electron chi connectivity index (χ1n) is 10.9. The Morgan fingerprint density at radius 3 is 2.41 bits per heavy atom. The van der Waals surface area contributed by atoms with E-state index in [9.17, 15) is 4.79 Å². The van der Waals surface area contributed by atoms with E-state index in [0.717, 1.165) is 56.0 Å². The Kier molecular flexibility index (Phi) is 6.13. The van der Waals surface area contributed by atoms with Crippen LogP contribution in [0.4, 0.5) is 5.69 Å². The van der Waals surface area contributed by atoms with Gasteiger partial charge in [0, 0.05) is 36.4 Å². The summed E-state index contributed by atoms with van der Waals surface area (Å²) in [6, 6.07) is 9.05. The van der Waals surface area contributed by atoms with E-state index in [1.165, 1.54) is 18.5 Å². The Bertz CT molecular complexity index is 803. The summed E-state index contributed by atoms with van der Waals surface area (Å²) in [5.41, 5.74) is 1.95. The Hall–Kier alpha value is -2.41. The maximum atomic E-state index is 12.4. The standard InChI is InChI=1S/C22H32N6O/c1-15(21-24-16(2)26-27-21)23-19-11-13-28(14-12-19)20-9-7-17(8-10-20)22(29)25-18-5-3-4-6-18/h7-10,15,18-19,23H,3-6,11-14H2,1-2H3,(H,25,29)(H,24,26,27)/t15-/m1/s1. The van der Waals surface area contributed by atoms with Gasteiger partial charge in [-0.2, -0.15) is 5.10 Å². The van der Waals surface area contributed by atoms with E-state index in [-0.39, 0.29) is 11.9 Å². The summed E-state index contributed by atoms with van der Waals surface area (Å²) in [6.45, 7) is 6.05. The first-order chi connectivity index (χ1) is 14.1. The normalized spacial score (nSPS) is 19.4. The van der Waals surface area contributed by atoms with Gasteiger partial charge < -0.3 is 15.5 Å². The third-order valence-electron chi connectivity index (χ3n) is 6.17. The van der Waals surface area contributed by atoms with E-state index in [4.69, 9.17) is 0 Å². The van der Waals surface area contributed by atoms with Crippen LogP contribution in [0.2, 0.25) is 0 Å². The number of aromatic amines is 1. The van der Waals surface area contributed by atoms with Crippen molar-refractivity contribution in [2.75, 3.05) is 18.0 Å². The summed E-state index contributed by atoms with van der Waals surface area (Å²) in [7, 11) is 0. The fourth-order valence-corrected chi connectivity index (χ4v) is 4.45. The summed E-state index contributed by atoms with van der Waals surface area (Å²) in [4.78, 5) is 19.2. The molecule has 1 aliphatic carbocycles. The minimum Gasteiger partial charge on any atom is -0.371 e. The number of amides is 1. The lowest BCUT2D eigenvalue weighted by atomic mass is 10.0. The molecule has 2 aromatic rings. The van der Waals surface area contributed by atoms with Crippen molar-refractivity contribution in [2.24, 2.45) is 0 Å². The highest BCUT2D eigenvalue weighted by Gasteiger charge is 2.23. The molecule has 1 atom stereocenters. The Balaban J connectivity index is 1.26. The number of benzene rings is 1. The minimum absolute atomic E-state index is 0.0579. The molecule has 1 amide bonds. The second kappa shape index (κ2) is 8.95. The Labute approximate surface area is 172 Å². The Morgan fingerprint density at radius 2 is 1.79 bits per heavy atom. The number of aryl methyl sites for hydroxylation is 1. The van der Waals surface area contributed by atoms with Gasteiger partial charge in [-0.15, -0.1) is 0 Å². The summed E-state index contributed by atoms with van der Waals surface area (Å²) < 4.78 is 0. The minimum atomic E-state index is 0.0579. The summed E-state index contributed by atoms with van der Waals surface area (Å²) >= 11 is 0. The molecule has 0 spiro atoms. The zero-order valence-electron chi connectivity index (χ0n) is 17.4. The number of nitrogens with zero attached hydrogens (tertiary/aromatic N) is 3. The molecule has 2 fully saturated rings. The SMILES string of the molecule is Cc1nc([C@@H](C)NC2CCN(c3ccc(C(=O)NC4CCCC4)cc3)CC2)n[nH]1. The largest absolute Gasteiger partial charge is 0.371 e. The molecule has 1 saturated carbocycles. The fraction of sp³-hybridized carbons (Fsp3) is 0.591. The maximum Gasteiger partial charge on any atom is 0.251 e. The lowest BCUT2D eigenvalue weighted by Crippen LogP contribution is -2.43. The average Bonchev–Trinajstić information content (AvgIpc) is 3.40. The predicted molar refractivity (Wildman–Crippen MR) is 114 cm³/mol. The van der Waals surface area contributed by atoms with Crippen LogP contribution in [0.3, 0.4) is 0 Å². The zero-order valence-corrected chi connectivity index (χ0v) is 17.4. The number of rotatable bonds is 6. The summed E-state index contributed by atoms with van der Waals surface area (Å²) in [6.07, 6.45) is 6.84. The molecule has 1 aromatic carbocycles. The lowest BCUT2D eigenvalue weighted by molar-refractivity contribution is 0.0938. The van der Waals surface area contributed by atoms with Gasteiger partial charge in [-0.1, -0.05) is 12.8 Å². The van der Waals surface area contributed by atoms with Gasteiger partial charge in [-0.25, -0.2) is 4.98 Å². The summed E-state index contributed by atoms with van der Waals surface area (Å²) in [5, 5.41) is 14.0. The van der Waals surface area contributed by atoms with Crippen molar-refractivity contribution in [3.05, 3.63) is 41.5 Å². The lowest BCUT2D eigenvalue weighted by Gasteiger charge is -2.35. The molecule has 1 saturated heterocycles. The van der Waals surface area contributed by atoms with Gasteiger partial charge >= 0.3 is 0 Å². The molecule has 3 N–H and O–H groups in total. The highest BCUT2D eigenvalue weighted by Crippen LogP contribution is 2.23. The van der Waals surface area contributed by atoms with Gasteiger partial charge in [-0.3, -0.25) is 9.89 Å². The average molecular weight is 397 g/mol. The molecule has 1 aliphatic heterocycles. The first kappa shape index (κ1) is 19.9. The van der Waals surface area contributed by atoms with Crippen molar-refractivity contribution in [2.45, 2.75) is 70.5 Å². The van der Waals surface area contributed by atoms with Crippen molar-refractivity contribution in [3.63, 3.8) is 0 Å². The van der Waals surface area contributed by atoms with Crippen molar-refractivity contribution >= 4 is 11.6 Å². The van der Waals surface area contributed by atoms with Crippen LogP contribution in [0.5, 0.6) is 0 Å². The van der Waals surface area contributed by atoms with Crippen molar-refractivity contribution < 1.29 is 4.79 Å². The smallest absolute Gasteiger partial charge is 0.251 e. The topological polar surface area (TPSA) is 85.9 Å². The van der Waals surface area contributed by atoms with Gasteiger partial charge in [-0.05, 0) is 63.8 Å². The van der Waals surface area contributed by atoms with E-state index in [0.29, 0.717) is 12.1 Å². The van der Waals surface area contributed by atoms with Crippen LogP contribution >= 0.6 is 0 Å². The van der Waals surface area contributed by atoms with Crippen LogP contribution in [-0.2, 0) is 0 Å². The molecule has 2 aliphatic rings. The second-order valence-corrected chi connectivity index (χ2v) is 8.43. The van der Waals surface area contributed by atoms with Gasteiger partial charge in [0.15, 0.2) is 5.82 Å². The van der Waals surface area contributed by atoms with Gasteiger partial charge in [0.25, 0.3) is 5.91 Å². The van der Waals surface area contributed by atoms with Crippen LogP contribution in [0, 0.1) is 6.92 Å². The van der Waals surface area contributed by atoms with Crippen LogP contribution in [0.15, 0.2) is 24.3 Å². The number of nitrogens with one attached hydrogen (secondary N) is 3. The zero-order chi connectivity index (χ0) is 20.2. The fourth-order valence-electron chi connectivity index (χ4n) is 4.45. The molecule has 156 valence electrons. The number of carbonyl (C=O) groups excluding carboxylic acids is 1. The molecule has 2 heterocycles. The summed E-state index contributed by atoms with van der Waals surface area (Å²) in [5.74, 6) is 1.74. The molecule has 1 aromatic heterocycles. The molecular formula is C22H32N6O. The van der Waals surface area contributed by atoms with Crippen LogP contribution in [0.25, 0.3) is 0 Å². The number of piperidine rings is 1. The molecule has 29 heavy (non-hydrogen) atoms. The van der Waals surface area contributed by atoms with E-state index in [1.807, 2.05) is 19.1 Å². The van der Waals surface area contributed by atoms with Crippen LogP contribution in [0.1, 0.15) is 73.5 Å². The van der Waals surface area contributed by atoms with Gasteiger partial charge in [0.05, 0.1) is 6.04 Å². The Morgan fingerprint density at radius 1 is 1.10 bits per heavy atom. The first-order valence-corrected chi connectivity index (χ1v) is 10.9. The van der Waals surface area contributed by atoms with Crippen LogP contribution < -0.4 is 15.5 Å². The number of anilines is 1. The van der Waals surface area contributed by atoms with E-state index in [1.54, 1.807) is 0 Å². The number of carbonyl (C=O) groups is 1. The maximum absolute atomic E-state index is 12.4. The van der Waals surface area contributed by atoms with Crippen molar-refractivity contribution in [1.29, 1.82) is 0 Å². The molecular weight excluding hydrogens is 364 g/mol. The number of hydrogen-bond acceptors (Lipinski definition) is 5. The number of aromatic nitrogens is 3. The monoisotopic (exact) mass is 396 g/mol. The number of hydrogen-bond donors (Lipinski definition) is 3. The third-order valence-corrected chi connectivity index (χ3v) is 6.17. The predicted octanol–water partition coefficient (Wildman–Crippen LogP) is 3.11. The second-order valence-electron chi connectivity index (χ2n) is 8.43. The van der Waals surface area contributed by atoms with E-state index >= 15 is 0 Å². The molecule has 0 radical (unpaired) electrons. The number of H-pyrrole nitrogens is 1. The van der Waals surface area contributed by atoms with Crippen LogP contribution in [-0.4, -0.2) is 46.3 Å². The van der Waals surface area contributed by atoms with E-state index in [2.05, 4.69) is 49.8 Å². The molecule has 7 nitrogen and oxygen atoms in total. The molecule has 4 rings (SSSR count). The molecule has 0 unspecified atom stereocenters. The molecule has 0 bridgehead atoms. The molecule has 7 heteroatoms. The van der Waals surface area contributed by atoms with Gasteiger partial charge in [0.1, 0.15) is 5.82 Å². The van der Waals surface area contributed by atoms with E-state index < -0.39 is 0 Å². The van der Waals surface area contributed by atoms with Crippen molar-refractivity contribution in [3.8, 4) is 0 Å². The van der Waals surface area contributed by atoms with Gasteiger partial charge in [0.2, 0.25) is 0 Å². The highest BCUT2D eigenvalue weighted by molar-refractivity contribution is 5.94. The third kappa shape index (κ3) is 4.96. The highest BCUT2D eigenvalue weighted by atomic mass is 16.1.